The molecule has 1 aromatic heterocycles. The van der Waals surface area contributed by atoms with Crippen molar-refractivity contribution in [1.29, 1.82) is 5.26 Å². The Bertz CT molecular complexity index is 1390. The molecule has 0 amide bonds. The lowest BCUT2D eigenvalue weighted by atomic mass is 10.0. The lowest BCUT2D eigenvalue weighted by Gasteiger charge is -2.30. The van der Waals surface area contributed by atoms with Crippen molar-refractivity contribution < 1.29 is 23.4 Å². The van der Waals surface area contributed by atoms with Crippen LogP contribution in [0.5, 0.6) is 5.88 Å². The molecule has 2 aromatic rings. The van der Waals surface area contributed by atoms with Gasteiger partial charge in [0.15, 0.2) is 5.69 Å². The number of hydrogen-bond donors (Lipinski definition) is 2. The van der Waals surface area contributed by atoms with E-state index in [1.807, 2.05) is 6.07 Å². The van der Waals surface area contributed by atoms with Crippen LogP contribution >= 0.6 is 0 Å². The average molecular weight is 559 g/mol. The lowest BCUT2D eigenvalue weighted by molar-refractivity contribution is 0.0368. The molecule has 1 unspecified atom stereocenters. The summed E-state index contributed by atoms with van der Waals surface area (Å²) in [7, 11) is -3.71. The zero-order chi connectivity index (χ0) is 28.0. The van der Waals surface area contributed by atoms with Gasteiger partial charge in [-0.25, -0.2) is 8.42 Å². The van der Waals surface area contributed by atoms with Gasteiger partial charge in [-0.15, -0.1) is 5.11 Å². The van der Waals surface area contributed by atoms with E-state index in [1.54, 1.807) is 0 Å². The van der Waals surface area contributed by atoms with Crippen LogP contribution < -0.4 is 5.56 Å². The Morgan fingerprint density at radius 1 is 1.13 bits per heavy atom. The highest BCUT2D eigenvalue weighted by Crippen LogP contribution is 2.33. The number of benzene rings is 1. The molecule has 2 saturated heterocycles. The van der Waals surface area contributed by atoms with Crippen molar-refractivity contribution in [3.8, 4) is 11.9 Å². The number of piperidine rings is 1. The fraction of sp³-hybridized carbons (Fsp3) is 0.538. The van der Waals surface area contributed by atoms with Crippen molar-refractivity contribution in [3.63, 3.8) is 0 Å². The van der Waals surface area contributed by atoms with Gasteiger partial charge in [-0.3, -0.25) is 14.3 Å². The van der Waals surface area contributed by atoms with Gasteiger partial charge < -0.3 is 14.9 Å². The molecule has 2 aliphatic rings. The Balaban J connectivity index is 1.52. The minimum Gasteiger partial charge on any atom is -0.493 e. The monoisotopic (exact) mass is 558 g/mol. The molecule has 0 radical (unpaired) electrons. The van der Waals surface area contributed by atoms with Gasteiger partial charge in [0.05, 0.1) is 23.8 Å². The Labute approximate surface area is 227 Å². The van der Waals surface area contributed by atoms with Crippen LogP contribution in [0.3, 0.4) is 0 Å². The summed E-state index contributed by atoms with van der Waals surface area (Å²) in [6, 6.07) is 7.79. The number of hydrogen-bond acceptors (Lipinski definition) is 10. The summed E-state index contributed by atoms with van der Waals surface area (Å²) in [6.07, 6.45) is 2.08. The van der Waals surface area contributed by atoms with Gasteiger partial charge in [0.1, 0.15) is 11.6 Å². The number of pyridine rings is 1. The van der Waals surface area contributed by atoms with Crippen LogP contribution in [0.15, 0.2) is 44.2 Å². The number of nitrogens with zero attached hydrogens (tertiary/aromatic N) is 6. The third kappa shape index (κ3) is 6.54. The van der Waals surface area contributed by atoms with Crippen molar-refractivity contribution in [2.75, 3.05) is 52.5 Å². The summed E-state index contributed by atoms with van der Waals surface area (Å²) in [5, 5.41) is 38.2. The molecule has 1 atom stereocenters. The first-order chi connectivity index (χ1) is 18.8. The van der Waals surface area contributed by atoms with Crippen molar-refractivity contribution in [2.24, 2.45) is 16.1 Å². The topological polar surface area (TPSA) is 161 Å². The molecular formula is C26H34N6O6S. The second-order valence-corrected chi connectivity index (χ2v) is 11.7. The van der Waals surface area contributed by atoms with Crippen LogP contribution in [0.4, 0.5) is 11.4 Å². The normalized spacial score (nSPS) is 19.4. The molecule has 2 fully saturated rings. The molecule has 4 rings (SSSR count). The average Bonchev–Trinajstić information content (AvgIpc) is 2.96. The van der Waals surface area contributed by atoms with E-state index in [9.17, 15) is 28.7 Å². The minimum absolute atomic E-state index is 0.0117. The maximum absolute atomic E-state index is 13.0. The molecule has 3 heterocycles. The Kier molecular flexibility index (Phi) is 9.47. The zero-order valence-electron chi connectivity index (χ0n) is 22.0. The summed E-state index contributed by atoms with van der Waals surface area (Å²) in [5.41, 5.74) is -0.127. The molecule has 0 bridgehead atoms. The van der Waals surface area contributed by atoms with E-state index in [0.29, 0.717) is 38.3 Å². The maximum atomic E-state index is 13.0. The predicted molar refractivity (Wildman–Crippen MR) is 143 cm³/mol. The molecule has 1 aromatic carbocycles. The number of azo groups is 1. The fourth-order valence-electron chi connectivity index (χ4n) is 4.88. The van der Waals surface area contributed by atoms with E-state index >= 15 is 0 Å². The second kappa shape index (κ2) is 12.8. The molecule has 0 spiro atoms. The number of aliphatic hydroxyl groups is 1. The molecule has 210 valence electrons. The van der Waals surface area contributed by atoms with Crippen molar-refractivity contribution in [3.05, 3.63) is 45.7 Å². The van der Waals surface area contributed by atoms with E-state index in [2.05, 4.69) is 15.1 Å². The predicted octanol–water partition coefficient (Wildman–Crippen LogP) is 2.26. The number of morpholine rings is 1. The van der Waals surface area contributed by atoms with Gasteiger partial charge in [0, 0.05) is 51.4 Å². The lowest BCUT2D eigenvalue weighted by Crippen LogP contribution is -2.40. The fourth-order valence-corrected chi connectivity index (χ4v) is 6.43. The second-order valence-electron chi connectivity index (χ2n) is 9.80. The van der Waals surface area contributed by atoms with Crippen LogP contribution in [-0.4, -0.2) is 84.9 Å². The van der Waals surface area contributed by atoms with Gasteiger partial charge in [-0.05, 0) is 56.4 Å². The molecule has 0 saturated carbocycles. The molecule has 13 heteroatoms. The number of sulfonamides is 1. The number of rotatable bonds is 9. The third-order valence-electron chi connectivity index (χ3n) is 7.21. The summed E-state index contributed by atoms with van der Waals surface area (Å²) in [4.78, 5) is 15.2. The van der Waals surface area contributed by atoms with Crippen LogP contribution in [0, 0.1) is 24.2 Å². The van der Waals surface area contributed by atoms with Crippen LogP contribution in [0.2, 0.25) is 0 Å². The van der Waals surface area contributed by atoms with E-state index in [4.69, 9.17) is 4.74 Å². The zero-order valence-corrected chi connectivity index (χ0v) is 22.8. The highest BCUT2D eigenvalue weighted by molar-refractivity contribution is 7.89. The van der Waals surface area contributed by atoms with Gasteiger partial charge in [0.2, 0.25) is 15.9 Å². The molecule has 2 aliphatic heterocycles. The highest BCUT2D eigenvalue weighted by atomic mass is 32.2. The SMILES string of the molecule is Cc1c(/N=N/c2ccc(S(=O)(=O)N3CCCC(CO)C3)cc2)c(O)n(CCCN2CCOCC2)c(=O)c1C#N. The molecular weight excluding hydrogens is 524 g/mol. The number of nitriles is 1. The van der Waals surface area contributed by atoms with Crippen LogP contribution in [-0.2, 0) is 21.3 Å². The largest absolute Gasteiger partial charge is 0.493 e. The number of aromatic nitrogens is 1. The quantitative estimate of drug-likeness (QED) is 0.443. The van der Waals surface area contributed by atoms with Crippen LogP contribution in [0.25, 0.3) is 0 Å². The molecule has 2 N–H and O–H groups in total. The van der Waals surface area contributed by atoms with Crippen molar-refractivity contribution in [2.45, 2.75) is 37.6 Å². The summed E-state index contributed by atoms with van der Waals surface area (Å²) >= 11 is 0. The first kappa shape index (κ1) is 28.8. The Hall–Kier alpha value is -3.15. The Morgan fingerprint density at radius 2 is 1.85 bits per heavy atom. The summed E-state index contributed by atoms with van der Waals surface area (Å²) in [6.45, 7) is 6.02. The van der Waals surface area contributed by atoms with Crippen LogP contribution in [0.1, 0.15) is 30.4 Å². The van der Waals surface area contributed by atoms with Gasteiger partial charge in [-0.2, -0.15) is 14.7 Å². The van der Waals surface area contributed by atoms with E-state index in [-0.39, 0.29) is 53.2 Å². The maximum Gasteiger partial charge on any atom is 0.271 e. The first-order valence-corrected chi connectivity index (χ1v) is 14.5. The van der Waals surface area contributed by atoms with E-state index in [1.165, 1.54) is 35.5 Å². The van der Waals surface area contributed by atoms with Gasteiger partial charge in [0.25, 0.3) is 5.56 Å². The molecule has 39 heavy (non-hydrogen) atoms. The molecule has 12 nitrogen and oxygen atoms in total. The summed E-state index contributed by atoms with van der Waals surface area (Å²) in [5.74, 6) is -0.441. The van der Waals surface area contributed by atoms with E-state index in [0.717, 1.165) is 30.6 Å². The molecule has 0 aliphatic carbocycles. The first-order valence-electron chi connectivity index (χ1n) is 13.1. The minimum atomic E-state index is -3.71. The highest BCUT2D eigenvalue weighted by Gasteiger charge is 2.30. The van der Waals surface area contributed by atoms with Crippen molar-refractivity contribution >= 4 is 21.4 Å². The van der Waals surface area contributed by atoms with Crippen molar-refractivity contribution in [1.82, 2.24) is 13.8 Å². The van der Waals surface area contributed by atoms with Gasteiger partial charge >= 0.3 is 0 Å². The number of aromatic hydroxyl groups is 1. The number of aliphatic hydroxyl groups excluding tert-OH is 1. The smallest absolute Gasteiger partial charge is 0.271 e. The Morgan fingerprint density at radius 3 is 2.51 bits per heavy atom. The van der Waals surface area contributed by atoms with E-state index < -0.39 is 15.6 Å². The summed E-state index contributed by atoms with van der Waals surface area (Å²) < 4.78 is 34.0. The van der Waals surface area contributed by atoms with Gasteiger partial charge in [-0.1, -0.05) is 0 Å². The number of ether oxygens (including phenoxy) is 1. The third-order valence-corrected chi connectivity index (χ3v) is 9.09. The standard InChI is InChI=1S/C26H34N6O6S/c1-19-23(16-27)25(34)32(11-3-9-30-12-14-38-15-13-30)26(35)24(19)29-28-21-5-7-22(8-6-21)39(36,37)31-10-2-4-20(17-31)18-33/h5-8,20,33,35H,2-4,9-15,17-18H2,1H3/b29-28+.